The van der Waals surface area contributed by atoms with E-state index in [1.807, 2.05) is 0 Å². The van der Waals surface area contributed by atoms with E-state index in [0.29, 0.717) is 0 Å². The third-order valence-electron chi connectivity index (χ3n) is 7.92. The van der Waals surface area contributed by atoms with Gasteiger partial charge in [-0.25, -0.2) is 0 Å². The van der Waals surface area contributed by atoms with Crippen LogP contribution in [-0.2, 0) is 0 Å². The molecular weight excluding hydrogens is 536 g/mol. The summed E-state index contributed by atoms with van der Waals surface area (Å²) >= 11 is 0. The van der Waals surface area contributed by atoms with Crippen molar-refractivity contribution in [2.45, 2.75) is 53.4 Å². The lowest BCUT2D eigenvalue weighted by atomic mass is 10.1. The van der Waals surface area contributed by atoms with Crippen LogP contribution in [0.4, 0.5) is 45.5 Å². The molecule has 226 valence electrons. The molecule has 2 N–H and O–H groups in total. The molecule has 5 aromatic carbocycles. The van der Waals surface area contributed by atoms with Gasteiger partial charge in [0.1, 0.15) is 0 Å². The van der Waals surface area contributed by atoms with Crippen molar-refractivity contribution in [3.8, 4) is 0 Å². The van der Waals surface area contributed by atoms with Gasteiger partial charge in [-0.1, -0.05) is 62.1 Å². The van der Waals surface area contributed by atoms with Gasteiger partial charge in [0.25, 0.3) is 0 Å². The van der Waals surface area contributed by atoms with Gasteiger partial charge in [0, 0.05) is 58.6 Å². The summed E-state index contributed by atoms with van der Waals surface area (Å²) in [5.41, 5.74) is 11.6. The molecule has 0 saturated heterocycles. The second-order valence-corrected chi connectivity index (χ2v) is 11.5. The fourth-order valence-electron chi connectivity index (χ4n) is 5.31. The first-order valence-corrected chi connectivity index (χ1v) is 16.1. The van der Waals surface area contributed by atoms with Gasteiger partial charge in [-0.3, -0.25) is 0 Å². The first-order chi connectivity index (χ1) is 21.6. The van der Waals surface area contributed by atoms with E-state index in [9.17, 15) is 0 Å². The van der Waals surface area contributed by atoms with Crippen LogP contribution >= 0.6 is 0 Å². The molecule has 4 heteroatoms. The van der Waals surface area contributed by atoms with Crippen molar-refractivity contribution in [2.24, 2.45) is 0 Å². The minimum atomic E-state index is 0.995. The Morgan fingerprint density at radius 2 is 0.636 bits per heavy atom. The van der Waals surface area contributed by atoms with Crippen LogP contribution in [0.5, 0.6) is 0 Å². The average Bonchev–Trinajstić information content (AvgIpc) is 3.05. The molecule has 0 atom stereocenters. The van der Waals surface area contributed by atoms with Gasteiger partial charge in [0.2, 0.25) is 0 Å². The van der Waals surface area contributed by atoms with Crippen molar-refractivity contribution in [1.82, 2.24) is 0 Å². The molecule has 0 bridgehead atoms. The van der Waals surface area contributed by atoms with Crippen molar-refractivity contribution >= 4 is 45.5 Å². The SMILES string of the molecule is CCCCNc1ccc(N(c2ccc(C)cc2)c2ccc(N(c3ccc(C)cc3)c3ccc(NCCCC)cc3)cc2)cc1. The molecule has 0 aliphatic carbocycles. The van der Waals surface area contributed by atoms with Gasteiger partial charge in [-0.2, -0.15) is 0 Å². The summed E-state index contributed by atoms with van der Waals surface area (Å²) in [4.78, 5) is 4.65. The second kappa shape index (κ2) is 15.2. The fourth-order valence-corrected chi connectivity index (χ4v) is 5.31. The van der Waals surface area contributed by atoms with Crippen LogP contribution in [0, 0.1) is 13.8 Å². The van der Waals surface area contributed by atoms with E-state index in [-0.39, 0.29) is 0 Å². The van der Waals surface area contributed by atoms with Gasteiger partial charge in [0.05, 0.1) is 0 Å². The highest BCUT2D eigenvalue weighted by Crippen LogP contribution is 2.39. The zero-order chi connectivity index (χ0) is 30.7. The van der Waals surface area contributed by atoms with Gasteiger partial charge >= 0.3 is 0 Å². The van der Waals surface area contributed by atoms with Gasteiger partial charge in [0.15, 0.2) is 0 Å². The minimum absolute atomic E-state index is 0.995. The molecule has 0 fully saturated rings. The topological polar surface area (TPSA) is 30.5 Å². The molecule has 0 spiro atoms. The van der Waals surface area contributed by atoms with E-state index in [1.165, 1.54) is 36.8 Å². The Labute approximate surface area is 264 Å². The number of benzene rings is 5. The number of aryl methyl sites for hydroxylation is 2. The molecule has 0 amide bonds. The molecule has 0 aliphatic rings. The average molecular weight is 583 g/mol. The Morgan fingerprint density at radius 3 is 0.909 bits per heavy atom. The maximum absolute atomic E-state index is 3.54. The summed E-state index contributed by atoms with van der Waals surface area (Å²) in [5.74, 6) is 0. The first kappa shape index (κ1) is 30.7. The lowest BCUT2D eigenvalue weighted by Gasteiger charge is -2.28. The van der Waals surface area contributed by atoms with E-state index in [0.717, 1.165) is 58.6 Å². The van der Waals surface area contributed by atoms with Crippen molar-refractivity contribution < 1.29 is 0 Å². The number of unbranched alkanes of at least 4 members (excludes halogenated alkanes) is 2. The number of rotatable bonds is 14. The molecule has 0 radical (unpaired) electrons. The van der Waals surface area contributed by atoms with Crippen LogP contribution < -0.4 is 20.4 Å². The van der Waals surface area contributed by atoms with Crippen LogP contribution in [0.25, 0.3) is 0 Å². The quantitative estimate of drug-likeness (QED) is 0.128. The van der Waals surface area contributed by atoms with Crippen molar-refractivity contribution in [3.63, 3.8) is 0 Å². The number of anilines is 8. The summed E-state index contributed by atoms with van der Waals surface area (Å²) < 4.78 is 0. The third-order valence-corrected chi connectivity index (χ3v) is 7.92. The molecule has 5 rings (SSSR count). The Kier molecular flexibility index (Phi) is 10.6. The Balaban J connectivity index is 1.48. The molecule has 0 aliphatic heterocycles. The lowest BCUT2D eigenvalue weighted by molar-refractivity contribution is 0.834. The standard InChI is InChI=1S/C40H46N4/c1-5-7-29-41-33-13-21-37(22-14-33)43(35-17-9-31(3)10-18-35)39-25-27-40(28-26-39)44(36-19-11-32(4)12-20-36)38-23-15-34(16-24-38)42-30-8-6-2/h9-28,41-42H,5-8,29-30H2,1-4H3. The summed E-state index contributed by atoms with van der Waals surface area (Å²) in [6, 6.07) is 44.0. The molecule has 5 aromatic rings. The van der Waals surface area contributed by atoms with Crippen molar-refractivity contribution in [3.05, 3.63) is 132 Å². The minimum Gasteiger partial charge on any atom is -0.385 e. The second-order valence-electron chi connectivity index (χ2n) is 11.5. The number of hydrogen-bond donors (Lipinski definition) is 2. The fraction of sp³-hybridized carbons (Fsp3) is 0.250. The van der Waals surface area contributed by atoms with Crippen LogP contribution in [-0.4, -0.2) is 13.1 Å². The first-order valence-electron chi connectivity index (χ1n) is 16.1. The predicted octanol–water partition coefficient (Wildman–Crippen LogP) is 11.7. The van der Waals surface area contributed by atoms with Crippen molar-refractivity contribution in [2.75, 3.05) is 33.5 Å². The predicted molar refractivity (Wildman–Crippen MR) is 192 cm³/mol. The summed E-state index contributed by atoms with van der Waals surface area (Å²) in [7, 11) is 0. The highest BCUT2D eigenvalue weighted by atomic mass is 15.2. The van der Waals surface area contributed by atoms with E-state index in [1.54, 1.807) is 0 Å². The van der Waals surface area contributed by atoms with E-state index in [4.69, 9.17) is 0 Å². The Bertz CT molecular complexity index is 1430. The van der Waals surface area contributed by atoms with E-state index >= 15 is 0 Å². The van der Waals surface area contributed by atoms with Gasteiger partial charge in [-0.05, 0) is 124 Å². The number of nitrogens with zero attached hydrogens (tertiary/aromatic N) is 2. The molecule has 0 saturated carbocycles. The summed E-state index contributed by atoms with van der Waals surface area (Å²) in [5, 5.41) is 7.08. The molecule has 0 heterocycles. The molecule has 0 aromatic heterocycles. The third kappa shape index (κ3) is 7.82. The Morgan fingerprint density at radius 1 is 0.386 bits per heavy atom. The molecular formula is C40H46N4. The van der Waals surface area contributed by atoms with Crippen LogP contribution in [0.2, 0.25) is 0 Å². The summed E-state index contributed by atoms with van der Waals surface area (Å²) in [6.45, 7) is 10.7. The van der Waals surface area contributed by atoms with E-state index in [2.05, 4.69) is 169 Å². The van der Waals surface area contributed by atoms with Crippen LogP contribution in [0.3, 0.4) is 0 Å². The smallest absolute Gasteiger partial charge is 0.0463 e. The highest BCUT2D eigenvalue weighted by Gasteiger charge is 2.16. The van der Waals surface area contributed by atoms with E-state index < -0.39 is 0 Å². The number of hydrogen-bond acceptors (Lipinski definition) is 4. The lowest BCUT2D eigenvalue weighted by Crippen LogP contribution is -2.12. The van der Waals surface area contributed by atoms with Crippen LogP contribution in [0.15, 0.2) is 121 Å². The van der Waals surface area contributed by atoms with Crippen LogP contribution in [0.1, 0.15) is 50.7 Å². The zero-order valence-electron chi connectivity index (χ0n) is 26.7. The maximum atomic E-state index is 3.54. The number of nitrogens with one attached hydrogen (secondary N) is 2. The Hall–Kier alpha value is -4.70. The largest absolute Gasteiger partial charge is 0.385 e. The van der Waals surface area contributed by atoms with Gasteiger partial charge in [-0.15, -0.1) is 0 Å². The molecule has 0 unspecified atom stereocenters. The highest BCUT2D eigenvalue weighted by molar-refractivity contribution is 5.81. The maximum Gasteiger partial charge on any atom is 0.0463 e. The normalized spacial score (nSPS) is 10.8. The zero-order valence-corrected chi connectivity index (χ0v) is 26.7. The molecule has 4 nitrogen and oxygen atoms in total. The molecule has 44 heavy (non-hydrogen) atoms. The van der Waals surface area contributed by atoms with Crippen molar-refractivity contribution in [1.29, 1.82) is 0 Å². The van der Waals surface area contributed by atoms with Gasteiger partial charge < -0.3 is 20.4 Å². The monoisotopic (exact) mass is 582 g/mol. The summed E-state index contributed by atoms with van der Waals surface area (Å²) in [6.07, 6.45) is 4.71.